The van der Waals surface area contributed by atoms with Gasteiger partial charge < -0.3 is 0 Å². The minimum atomic E-state index is -0.00835. The topological polar surface area (TPSA) is 33.2 Å². The first kappa shape index (κ1) is 16.2. The number of fused-ring (bicyclic) bond motifs is 3. The number of allylic oxidation sites excluding steroid dienone is 1. The van der Waals surface area contributed by atoms with E-state index in [-0.39, 0.29) is 11.7 Å². The summed E-state index contributed by atoms with van der Waals surface area (Å²) in [5.74, 6) is 2.02. The zero-order chi connectivity index (χ0) is 18.7. The fourth-order valence-corrected chi connectivity index (χ4v) is 5.47. The van der Waals surface area contributed by atoms with Crippen molar-refractivity contribution in [2.24, 2.45) is 17.8 Å². The molecule has 2 heterocycles. The van der Waals surface area contributed by atoms with Gasteiger partial charge in [-0.3, -0.25) is 9.69 Å². The lowest BCUT2D eigenvalue weighted by Gasteiger charge is -2.25. The number of hydrogen-bond donors (Lipinski definition) is 0. The molecule has 2 fully saturated rings. The number of piperidine rings is 1. The van der Waals surface area contributed by atoms with Gasteiger partial charge in [-0.2, -0.15) is 0 Å². The van der Waals surface area contributed by atoms with Crippen molar-refractivity contribution in [2.75, 3.05) is 13.1 Å². The summed E-state index contributed by atoms with van der Waals surface area (Å²) in [4.78, 5) is 20.2. The van der Waals surface area contributed by atoms with Crippen molar-refractivity contribution >= 4 is 22.8 Å². The number of likely N-dealkylation sites (tertiary alicyclic amines) is 1. The second kappa shape index (κ2) is 6.11. The van der Waals surface area contributed by atoms with Gasteiger partial charge in [-0.25, -0.2) is 4.98 Å². The van der Waals surface area contributed by atoms with Crippen molar-refractivity contribution in [3.05, 3.63) is 83.6 Å². The molecule has 28 heavy (non-hydrogen) atoms. The fourth-order valence-electron chi connectivity index (χ4n) is 5.47. The second-order valence-electron chi connectivity index (χ2n) is 8.45. The zero-order valence-corrected chi connectivity index (χ0v) is 15.7. The van der Waals surface area contributed by atoms with Crippen LogP contribution in [-0.2, 0) is 11.3 Å². The summed E-state index contributed by atoms with van der Waals surface area (Å²) < 4.78 is 0. The molecule has 1 aliphatic heterocycles. The van der Waals surface area contributed by atoms with Crippen LogP contribution in [0.2, 0.25) is 0 Å². The van der Waals surface area contributed by atoms with Crippen LogP contribution in [0.3, 0.4) is 0 Å². The molecule has 0 bridgehead atoms. The predicted octanol–water partition coefficient (Wildman–Crippen LogP) is 4.29. The van der Waals surface area contributed by atoms with Crippen LogP contribution in [0.15, 0.2) is 66.7 Å². The van der Waals surface area contributed by atoms with Gasteiger partial charge in [0.25, 0.3) is 0 Å². The predicted molar refractivity (Wildman–Crippen MR) is 111 cm³/mol. The summed E-state index contributed by atoms with van der Waals surface area (Å²) in [6, 6.07) is 21.1. The maximum absolute atomic E-state index is 12.9. The van der Waals surface area contributed by atoms with Crippen LogP contribution in [0, 0.1) is 17.8 Å². The van der Waals surface area contributed by atoms with Gasteiger partial charge in [0.1, 0.15) is 0 Å². The lowest BCUT2D eigenvalue weighted by atomic mass is 9.82. The molecule has 138 valence electrons. The van der Waals surface area contributed by atoms with E-state index >= 15 is 0 Å². The first-order valence-electron chi connectivity index (χ1n) is 10.2. The molecule has 3 aromatic rings. The van der Waals surface area contributed by atoms with Crippen molar-refractivity contribution in [1.29, 1.82) is 0 Å². The Labute approximate surface area is 164 Å². The van der Waals surface area contributed by atoms with Crippen LogP contribution < -0.4 is 0 Å². The van der Waals surface area contributed by atoms with Crippen LogP contribution in [0.1, 0.15) is 22.7 Å². The average Bonchev–Trinajstić information content (AvgIpc) is 3.20. The summed E-state index contributed by atoms with van der Waals surface area (Å²) in [6.45, 7) is 3.23. The largest absolute Gasteiger partial charge is 0.298 e. The molecule has 0 N–H and O–H groups in total. The number of benzene rings is 2. The van der Waals surface area contributed by atoms with Crippen LogP contribution >= 0.6 is 0 Å². The fraction of sp³-hybridized carbons (Fsp3) is 0.280. The van der Waals surface area contributed by atoms with Gasteiger partial charge in [0, 0.05) is 25.0 Å². The van der Waals surface area contributed by atoms with Gasteiger partial charge in [0.15, 0.2) is 5.78 Å². The molecule has 3 nitrogen and oxygen atoms in total. The Bertz CT molecular complexity index is 1090. The minimum Gasteiger partial charge on any atom is -0.298 e. The van der Waals surface area contributed by atoms with E-state index in [2.05, 4.69) is 47.4 Å². The smallest absolute Gasteiger partial charge is 0.163 e. The number of nitrogens with zero attached hydrogens (tertiary/aromatic N) is 2. The summed E-state index contributed by atoms with van der Waals surface area (Å²) in [7, 11) is 0. The third-order valence-electron chi connectivity index (χ3n) is 6.80. The molecule has 0 amide bonds. The highest BCUT2D eigenvalue weighted by molar-refractivity contribution is 6.03. The highest BCUT2D eigenvalue weighted by atomic mass is 16.1. The van der Waals surface area contributed by atoms with Crippen molar-refractivity contribution < 1.29 is 4.79 Å². The van der Waals surface area contributed by atoms with Gasteiger partial charge in [0.2, 0.25) is 0 Å². The van der Waals surface area contributed by atoms with E-state index in [1.54, 1.807) is 6.08 Å². The summed E-state index contributed by atoms with van der Waals surface area (Å²) in [6.07, 6.45) is 3.66. The van der Waals surface area contributed by atoms with Crippen molar-refractivity contribution in [1.82, 2.24) is 9.88 Å². The number of carbonyl (C=O) groups excluding carboxylic acids is 1. The number of rotatable bonds is 3. The van der Waals surface area contributed by atoms with E-state index in [0.29, 0.717) is 17.8 Å². The lowest BCUT2D eigenvalue weighted by Crippen LogP contribution is -2.28. The third-order valence-corrected chi connectivity index (χ3v) is 6.80. The molecular weight excluding hydrogens is 344 g/mol. The van der Waals surface area contributed by atoms with E-state index in [0.717, 1.165) is 41.8 Å². The monoisotopic (exact) mass is 366 g/mol. The molecule has 1 saturated heterocycles. The third kappa shape index (κ3) is 2.54. The maximum atomic E-state index is 12.9. The number of pyridine rings is 1. The molecule has 3 atom stereocenters. The van der Waals surface area contributed by atoms with E-state index in [1.807, 2.05) is 24.3 Å². The maximum Gasteiger partial charge on any atom is 0.163 e. The van der Waals surface area contributed by atoms with Crippen molar-refractivity contribution in [3.8, 4) is 0 Å². The number of para-hydroxylation sites is 1. The minimum absolute atomic E-state index is 0.00835. The van der Waals surface area contributed by atoms with Gasteiger partial charge in [0.05, 0.1) is 17.1 Å². The van der Waals surface area contributed by atoms with Crippen LogP contribution in [-0.4, -0.2) is 28.8 Å². The Balaban J connectivity index is 1.25. The van der Waals surface area contributed by atoms with E-state index in [1.165, 1.54) is 5.56 Å². The molecular formula is C25H22N2O. The first-order chi connectivity index (χ1) is 13.8. The number of aromatic nitrogens is 1. The lowest BCUT2D eigenvalue weighted by molar-refractivity contribution is -0.116. The first-order valence-corrected chi connectivity index (χ1v) is 10.2. The van der Waals surface area contributed by atoms with Crippen LogP contribution in [0.25, 0.3) is 17.0 Å². The van der Waals surface area contributed by atoms with Crippen LogP contribution in [0.5, 0.6) is 0 Å². The zero-order valence-electron chi connectivity index (χ0n) is 15.7. The van der Waals surface area contributed by atoms with Crippen molar-refractivity contribution in [3.63, 3.8) is 0 Å². The van der Waals surface area contributed by atoms with E-state index in [9.17, 15) is 4.79 Å². The highest BCUT2D eigenvalue weighted by Crippen LogP contribution is 2.59. The molecule has 3 unspecified atom stereocenters. The second-order valence-corrected chi connectivity index (χ2v) is 8.45. The molecule has 3 heteroatoms. The van der Waals surface area contributed by atoms with Gasteiger partial charge in [-0.1, -0.05) is 48.5 Å². The van der Waals surface area contributed by atoms with Crippen LogP contribution in [0.4, 0.5) is 0 Å². The average molecular weight is 366 g/mol. The molecule has 0 spiro atoms. The molecule has 6 rings (SSSR count). The Morgan fingerprint density at radius 2 is 1.68 bits per heavy atom. The summed E-state index contributed by atoms with van der Waals surface area (Å²) >= 11 is 0. The van der Waals surface area contributed by atoms with E-state index in [4.69, 9.17) is 4.98 Å². The Morgan fingerprint density at radius 1 is 0.929 bits per heavy atom. The Morgan fingerprint density at radius 3 is 2.50 bits per heavy atom. The molecule has 0 radical (unpaired) electrons. The molecule has 1 aromatic heterocycles. The Kier molecular flexibility index (Phi) is 3.54. The van der Waals surface area contributed by atoms with Gasteiger partial charge in [-0.05, 0) is 53.2 Å². The normalized spacial score (nSPS) is 28.4. The number of ketones is 1. The quantitative estimate of drug-likeness (QED) is 0.693. The standard InChI is InChI=1S/C25H22N2O/c28-23-11-10-22-18(12-17-8-4-5-9-21(17)26-22)25(23)24-19-14-27(15-20(19)24)13-16-6-2-1-3-7-16/h1-12,19-20,24-25H,13-15H2. The molecule has 2 aliphatic carbocycles. The number of hydrogen-bond acceptors (Lipinski definition) is 3. The summed E-state index contributed by atoms with van der Waals surface area (Å²) in [5.41, 5.74) is 4.50. The van der Waals surface area contributed by atoms with Crippen molar-refractivity contribution in [2.45, 2.75) is 12.5 Å². The van der Waals surface area contributed by atoms with Gasteiger partial charge in [-0.15, -0.1) is 0 Å². The molecule has 1 saturated carbocycles. The molecule has 2 aromatic carbocycles. The number of carbonyl (C=O) groups is 1. The molecule has 3 aliphatic rings. The Hall–Kier alpha value is -2.78. The SMILES string of the molecule is O=C1C=Cc2nc3ccccc3cc2C1C1C2CN(Cc3ccccc3)CC21. The van der Waals surface area contributed by atoms with E-state index < -0.39 is 0 Å². The summed E-state index contributed by atoms with van der Waals surface area (Å²) in [5, 5.41) is 1.13. The highest BCUT2D eigenvalue weighted by Gasteiger charge is 2.60. The van der Waals surface area contributed by atoms with Gasteiger partial charge >= 0.3 is 0 Å².